The standard InChI is InChI=1S/C18H17N3O3S/c1-12-11-17(19-16-6-4-3-5-15(12)16)20-21-18(22)13-7-9-14(10-8-13)25(2,23)24/h3-11H,1-2H3,(H,19,20)(H,21,22). The molecule has 0 unspecified atom stereocenters. The Balaban J connectivity index is 1.74. The lowest BCUT2D eigenvalue weighted by molar-refractivity contribution is 0.0962. The van der Waals surface area contributed by atoms with Gasteiger partial charge in [0.2, 0.25) is 0 Å². The first-order chi connectivity index (χ1) is 11.8. The van der Waals surface area contributed by atoms with Crippen molar-refractivity contribution in [2.24, 2.45) is 0 Å². The van der Waals surface area contributed by atoms with Crippen molar-refractivity contribution in [1.82, 2.24) is 10.4 Å². The molecule has 3 rings (SSSR count). The maximum atomic E-state index is 12.2. The molecule has 6 nitrogen and oxygen atoms in total. The second kappa shape index (κ2) is 6.52. The normalized spacial score (nSPS) is 11.3. The Morgan fingerprint density at radius 3 is 2.40 bits per heavy atom. The van der Waals surface area contributed by atoms with Crippen LogP contribution in [0.3, 0.4) is 0 Å². The second-order valence-electron chi connectivity index (χ2n) is 5.72. The van der Waals surface area contributed by atoms with E-state index in [1.165, 1.54) is 24.3 Å². The molecule has 0 aliphatic heterocycles. The van der Waals surface area contributed by atoms with Crippen LogP contribution in [0.15, 0.2) is 59.5 Å². The summed E-state index contributed by atoms with van der Waals surface area (Å²) in [5.41, 5.74) is 7.57. The topological polar surface area (TPSA) is 88.2 Å². The fourth-order valence-electron chi connectivity index (χ4n) is 2.46. The smallest absolute Gasteiger partial charge is 0.269 e. The molecule has 0 atom stereocenters. The molecule has 2 N–H and O–H groups in total. The zero-order valence-corrected chi connectivity index (χ0v) is 14.6. The van der Waals surface area contributed by atoms with Gasteiger partial charge in [-0.1, -0.05) is 18.2 Å². The van der Waals surface area contributed by atoms with Gasteiger partial charge in [0, 0.05) is 17.2 Å². The molecule has 0 fully saturated rings. The number of amides is 1. The Bertz CT molecular complexity index is 1040. The van der Waals surface area contributed by atoms with Gasteiger partial charge in [-0.05, 0) is 48.9 Å². The van der Waals surface area contributed by atoms with Gasteiger partial charge in [0.25, 0.3) is 5.91 Å². The summed E-state index contributed by atoms with van der Waals surface area (Å²) in [4.78, 5) is 16.8. The molecule has 128 valence electrons. The minimum absolute atomic E-state index is 0.170. The molecule has 25 heavy (non-hydrogen) atoms. The van der Waals surface area contributed by atoms with Crippen molar-refractivity contribution in [2.75, 3.05) is 11.7 Å². The van der Waals surface area contributed by atoms with E-state index in [2.05, 4.69) is 15.8 Å². The highest BCUT2D eigenvalue weighted by molar-refractivity contribution is 7.90. The average molecular weight is 355 g/mol. The summed E-state index contributed by atoms with van der Waals surface area (Å²) in [6, 6.07) is 15.3. The molecule has 0 saturated heterocycles. The summed E-state index contributed by atoms with van der Waals surface area (Å²) < 4.78 is 22.9. The number of anilines is 1. The number of pyridine rings is 1. The van der Waals surface area contributed by atoms with Crippen LogP contribution in [0, 0.1) is 6.92 Å². The number of carbonyl (C=O) groups excluding carboxylic acids is 1. The number of hydrogen-bond donors (Lipinski definition) is 2. The summed E-state index contributed by atoms with van der Waals surface area (Å²) in [6.45, 7) is 1.97. The maximum Gasteiger partial charge on any atom is 0.269 e. The molecule has 7 heteroatoms. The number of carbonyl (C=O) groups is 1. The molecule has 2 aromatic carbocycles. The van der Waals surface area contributed by atoms with Gasteiger partial charge in [-0.25, -0.2) is 13.4 Å². The lowest BCUT2D eigenvalue weighted by Gasteiger charge is -2.10. The third kappa shape index (κ3) is 3.77. The molecule has 0 spiro atoms. The lowest BCUT2D eigenvalue weighted by Crippen LogP contribution is -2.29. The van der Waals surface area contributed by atoms with Gasteiger partial charge in [-0.15, -0.1) is 0 Å². The van der Waals surface area contributed by atoms with E-state index in [9.17, 15) is 13.2 Å². The fraction of sp³-hybridized carbons (Fsp3) is 0.111. The van der Waals surface area contributed by atoms with Crippen LogP contribution >= 0.6 is 0 Å². The van der Waals surface area contributed by atoms with Gasteiger partial charge in [-0.3, -0.25) is 15.6 Å². The number of benzene rings is 2. The van der Waals surface area contributed by atoms with Crippen molar-refractivity contribution in [3.05, 3.63) is 65.7 Å². The molecule has 0 aliphatic rings. The highest BCUT2D eigenvalue weighted by Gasteiger charge is 2.10. The van der Waals surface area contributed by atoms with Gasteiger partial charge in [0.1, 0.15) is 5.82 Å². The molecule has 0 saturated carbocycles. The number of sulfone groups is 1. The number of hydrazine groups is 1. The lowest BCUT2D eigenvalue weighted by atomic mass is 10.1. The van der Waals surface area contributed by atoms with Crippen molar-refractivity contribution in [1.29, 1.82) is 0 Å². The van der Waals surface area contributed by atoms with Crippen molar-refractivity contribution < 1.29 is 13.2 Å². The SMILES string of the molecule is Cc1cc(NNC(=O)c2ccc(S(C)(=O)=O)cc2)nc2ccccc12. The average Bonchev–Trinajstić information content (AvgIpc) is 2.59. The van der Waals surface area contributed by atoms with Crippen LogP contribution in [0.4, 0.5) is 5.82 Å². The van der Waals surface area contributed by atoms with Crippen LogP contribution in [0.2, 0.25) is 0 Å². The van der Waals surface area contributed by atoms with Crippen LogP contribution in [-0.4, -0.2) is 25.6 Å². The summed E-state index contributed by atoms with van der Waals surface area (Å²) in [5.74, 6) is 0.143. The monoisotopic (exact) mass is 355 g/mol. The van der Waals surface area contributed by atoms with Gasteiger partial charge >= 0.3 is 0 Å². The number of para-hydroxylation sites is 1. The summed E-state index contributed by atoms with van der Waals surface area (Å²) >= 11 is 0. The summed E-state index contributed by atoms with van der Waals surface area (Å²) in [7, 11) is -3.28. The van der Waals surface area contributed by atoms with Gasteiger partial charge < -0.3 is 0 Å². The van der Waals surface area contributed by atoms with E-state index in [-0.39, 0.29) is 10.8 Å². The Morgan fingerprint density at radius 1 is 1.04 bits per heavy atom. The van der Waals surface area contributed by atoms with E-state index in [0.717, 1.165) is 22.7 Å². The van der Waals surface area contributed by atoms with Crippen LogP contribution < -0.4 is 10.9 Å². The fourth-order valence-corrected chi connectivity index (χ4v) is 3.09. The van der Waals surface area contributed by atoms with E-state index in [1.54, 1.807) is 0 Å². The number of rotatable bonds is 4. The first kappa shape index (κ1) is 16.9. The van der Waals surface area contributed by atoms with E-state index < -0.39 is 9.84 Å². The quantitative estimate of drug-likeness (QED) is 0.703. The molecule has 1 aromatic heterocycles. The second-order valence-corrected chi connectivity index (χ2v) is 7.73. The Kier molecular flexibility index (Phi) is 4.41. The number of hydrogen-bond acceptors (Lipinski definition) is 5. The van der Waals surface area contributed by atoms with Crippen molar-refractivity contribution >= 4 is 32.5 Å². The summed E-state index contributed by atoms with van der Waals surface area (Å²) in [5, 5.41) is 1.05. The molecule has 0 aliphatic carbocycles. The van der Waals surface area contributed by atoms with Crippen LogP contribution in [0.5, 0.6) is 0 Å². The molecule has 1 heterocycles. The molecule has 3 aromatic rings. The minimum Gasteiger partial charge on any atom is -0.282 e. The van der Waals surface area contributed by atoms with E-state index in [4.69, 9.17) is 0 Å². The zero-order chi connectivity index (χ0) is 18.0. The van der Waals surface area contributed by atoms with E-state index in [0.29, 0.717) is 11.4 Å². The number of nitrogens with zero attached hydrogens (tertiary/aromatic N) is 1. The van der Waals surface area contributed by atoms with Crippen molar-refractivity contribution in [3.8, 4) is 0 Å². The van der Waals surface area contributed by atoms with E-state index >= 15 is 0 Å². The first-order valence-corrected chi connectivity index (χ1v) is 9.46. The number of fused-ring (bicyclic) bond motifs is 1. The van der Waals surface area contributed by atoms with Gasteiger partial charge in [-0.2, -0.15) is 0 Å². The van der Waals surface area contributed by atoms with Crippen LogP contribution in [0.25, 0.3) is 10.9 Å². The highest BCUT2D eigenvalue weighted by atomic mass is 32.2. The predicted molar refractivity (Wildman–Crippen MR) is 97.1 cm³/mol. The summed E-state index contributed by atoms with van der Waals surface area (Å²) in [6.07, 6.45) is 1.12. The van der Waals surface area contributed by atoms with Crippen molar-refractivity contribution in [3.63, 3.8) is 0 Å². The molecule has 1 amide bonds. The third-order valence-corrected chi connectivity index (χ3v) is 4.90. The molecular weight excluding hydrogens is 338 g/mol. The molecular formula is C18H17N3O3S. The minimum atomic E-state index is -3.28. The van der Waals surface area contributed by atoms with Crippen molar-refractivity contribution in [2.45, 2.75) is 11.8 Å². The predicted octanol–water partition coefficient (Wildman–Crippen LogP) is 2.70. The van der Waals surface area contributed by atoms with Crippen LogP contribution in [0.1, 0.15) is 15.9 Å². The number of aryl methyl sites for hydroxylation is 1. The van der Waals surface area contributed by atoms with Crippen LogP contribution in [-0.2, 0) is 9.84 Å². The molecule has 0 bridgehead atoms. The third-order valence-electron chi connectivity index (χ3n) is 3.77. The van der Waals surface area contributed by atoms with E-state index in [1.807, 2.05) is 37.3 Å². The first-order valence-electron chi connectivity index (χ1n) is 7.57. The number of aromatic nitrogens is 1. The van der Waals surface area contributed by atoms with Gasteiger partial charge in [0.15, 0.2) is 9.84 Å². The Hall–Kier alpha value is -2.93. The van der Waals surface area contributed by atoms with Gasteiger partial charge in [0.05, 0.1) is 10.4 Å². The largest absolute Gasteiger partial charge is 0.282 e. The maximum absolute atomic E-state index is 12.2. The zero-order valence-electron chi connectivity index (χ0n) is 13.8. The highest BCUT2D eigenvalue weighted by Crippen LogP contribution is 2.19. The Labute approximate surface area is 145 Å². The Morgan fingerprint density at radius 2 is 1.72 bits per heavy atom. The molecule has 0 radical (unpaired) electrons. The number of nitrogens with one attached hydrogen (secondary N) is 2.